The molecule has 1 saturated heterocycles. The summed E-state index contributed by atoms with van der Waals surface area (Å²) in [7, 11) is 0. The first-order chi connectivity index (χ1) is 4.87. The van der Waals surface area contributed by atoms with E-state index in [9.17, 15) is 0 Å². The average Bonchev–Trinajstić information content (AvgIpc) is 2.65. The van der Waals surface area contributed by atoms with Crippen molar-refractivity contribution in [3.8, 4) is 6.07 Å². The predicted molar refractivity (Wildman–Crippen MR) is 36.2 cm³/mol. The van der Waals surface area contributed by atoms with Crippen molar-refractivity contribution in [2.45, 2.75) is 19.3 Å². The lowest BCUT2D eigenvalue weighted by molar-refractivity contribution is 0.0396. The van der Waals surface area contributed by atoms with Gasteiger partial charge in [-0.2, -0.15) is 5.26 Å². The minimum atomic E-state index is 0.312. The molecule has 0 amide bonds. The SMILES string of the molecule is N#CC1CC12CCCOC2. The second-order valence-corrected chi connectivity index (χ2v) is 3.40. The Labute approximate surface area is 60.8 Å². The highest BCUT2D eigenvalue weighted by Gasteiger charge is 2.55. The minimum Gasteiger partial charge on any atom is -0.381 e. The van der Waals surface area contributed by atoms with Crippen molar-refractivity contribution in [1.29, 1.82) is 5.26 Å². The van der Waals surface area contributed by atoms with Gasteiger partial charge in [-0.25, -0.2) is 0 Å². The van der Waals surface area contributed by atoms with E-state index in [1.54, 1.807) is 0 Å². The smallest absolute Gasteiger partial charge is 0.0662 e. The molecule has 1 spiro atoms. The van der Waals surface area contributed by atoms with Crippen LogP contribution in [0.25, 0.3) is 0 Å². The molecule has 0 aromatic heterocycles. The molecule has 10 heavy (non-hydrogen) atoms. The molecule has 0 bridgehead atoms. The highest BCUT2D eigenvalue weighted by Crippen LogP contribution is 2.56. The van der Waals surface area contributed by atoms with Gasteiger partial charge in [-0.15, -0.1) is 0 Å². The van der Waals surface area contributed by atoms with Crippen molar-refractivity contribution in [2.24, 2.45) is 11.3 Å². The van der Waals surface area contributed by atoms with Crippen LogP contribution in [-0.4, -0.2) is 13.2 Å². The molecule has 2 atom stereocenters. The standard InChI is InChI=1S/C8H11NO/c9-5-7-4-8(7)2-1-3-10-6-8/h7H,1-4,6H2. The molecule has 1 heterocycles. The van der Waals surface area contributed by atoms with E-state index in [0.29, 0.717) is 11.3 Å². The van der Waals surface area contributed by atoms with Crippen LogP contribution in [0.5, 0.6) is 0 Å². The Morgan fingerprint density at radius 3 is 3.00 bits per heavy atom. The fraction of sp³-hybridized carbons (Fsp3) is 0.875. The van der Waals surface area contributed by atoms with Crippen LogP contribution in [0.2, 0.25) is 0 Å². The summed E-state index contributed by atoms with van der Waals surface area (Å²) in [6.07, 6.45) is 3.45. The molecule has 2 nitrogen and oxygen atoms in total. The van der Waals surface area contributed by atoms with Gasteiger partial charge in [-0.05, 0) is 19.3 Å². The Balaban J connectivity index is 1.99. The molecule has 54 valence electrons. The van der Waals surface area contributed by atoms with Gasteiger partial charge in [0.2, 0.25) is 0 Å². The summed E-state index contributed by atoms with van der Waals surface area (Å²) in [4.78, 5) is 0. The quantitative estimate of drug-likeness (QED) is 0.504. The average molecular weight is 137 g/mol. The molecule has 0 radical (unpaired) electrons. The summed E-state index contributed by atoms with van der Waals surface area (Å²) in [6, 6.07) is 2.32. The molecule has 0 N–H and O–H groups in total. The van der Waals surface area contributed by atoms with Crippen LogP contribution in [0, 0.1) is 22.7 Å². The van der Waals surface area contributed by atoms with E-state index in [-0.39, 0.29) is 0 Å². The lowest BCUT2D eigenvalue weighted by Gasteiger charge is -2.21. The summed E-state index contributed by atoms with van der Waals surface area (Å²) in [5, 5.41) is 8.62. The van der Waals surface area contributed by atoms with E-state index in [2.05, 4.69) is 6.07 Å². The van der Waals surface area contributed by atoms with Crippen LogP contribution in [0.4, 0.5) is 0 Å². The summed E-state index contributed by atoms with van der Waals surface area (Å²) in [6.45, 7) is 1.74. The normalized spacial score (nSPS) is 44.9. The van der Waals surface area contributed by atoms with E-state index < -0.39 is 0 Å². The van der Waals surface area contributed by atoms with Crippen molar-refractivity contribution < 1.29 is 4.74 Å². The fourth-order valence-corrected chi connectivity index (χ4v) is 1.84. The van der Waals surface area contributed by atoms with Crippen LogP contribution in [-0.2, 0) is 4.74 Å². The van der Waals surface area contributed by atoms with E-state index in [4.69, 9.17) is 10.00 Å². The van der Waals surface area contributed by atoms with Crippen molar-refractivity contribution in [3.05, 3.63) is 0 Å². The van der Waals surface area contributed by atoms with Crippen molar-refractivity contribution >= 4 is 0 Å². The molecule has 1 aliphatic carbocycles. The van der Waals surface area contributed by atoms with Crippen molar-refractivity contribution in [3.63, 3.8) is 0 Å². The largest absolute Gasteiger partial charge is 0.381 e. The van der Waals surface area contributed by atoms with Gasteiger partial charge < -0.3 is 4.74 Å². The number of nitrogens with zero attached hydrogens (tertiary/aromatic N) is 1. The zero-order chi connectivity index (χ0) is 7.03. The Bertz CT molecular complexity index is 176. The third-order valence-electron chi connectivity index (χ3n) is 2.70. The molecule has 2 rings (SSSR count). The third kappa shape index (κ3) is 0.741. The maximum atomic E-state index is 8.62. The number of ether oxygens (including phenoxy) is 1. The van der Waals surface area contributed by atoms with E-state index in [0.717, 1.165) is 26.1 Å². The maximum absolute atomic E-state index is 8.62. The zero-order valence-corrected chi connectivity index (χ0v) is 5.97. The van der Waals surface area contributed by atoms with Gasteiger partial charge in [0.25, 0.3) is 0 Å². The lowest BCUT2D eigenvalue weighted by atomic mass is 9.97. The highest BCUT2D eigenvalue weighted by molar-refractivity contribution is 5.13. The zero-order valence-electron chi connectivity index (χ0n) is 5.97. The Kier molecular flexibility index (Phi) is 1.21. The van der Waals surface area contributed by atoms with Crippen molar-refractivity contribution in [2.75, 3.05) is 13.2 Å². The monoisotopic (exact) mass is 137 g/mol. The summed E-state index contributed by atoms with van der Waals surface area (Å²) in [5.74, 6) is 0.313. The molecule has 1 aliphatic heterocycles. The minimum absolute atomic E-state index is 0.312. The van der Waals surface area contributed by atoms with E-state index in [1.165, 1.54) is 6.42 Å². The first-order valence-corrected chi connectivity index (χ1v) is 3.85. The second-order valence-electron chi connectivity index (χ2n) is 3.40. The molecular weight excluding hydrogens is 126 g/mol. The van der Waals surface area contributed by atoms with Crippen LogP contribution >= 0.6 is 0 Å². The first-order valence-electron chi connectivity index (χ1n) is 3.85. The van der Waals surface area contributed by atoms with Gasteiger partial charge >= 0.3 is 0 Å². The second kappa shape index (κ2) is 1.96. The Hall–Kier alpha value is -0.550. The number of rotatable bonds is 0. The molecule has 2 unspecified atom stereocenters. The van der Waals surface area contributed by atoms with Gasteiger partial charge in [0, 0.05) is 12.0 Å². The van der Waals surface area contributed by atoms with Gasteiger partial charge in [-0.1, -0.05) is 0 Å². The Morgan fingerprint density at radius 1 is 1.60 bits per heavy atom. The fourth-order valence-electron chi connectivity index (χ4n) is 1.84. The molecule has 1 saturated carbocycles. The van der Waals surface area contributed by atoms with Crippen molar-refractivity contribution in [1.82, 2.24) is 0 Å². The molecule has 2 aliphatic rings. The first kappa shape index (κ1) is 6.18. The molecule has 0 aromatic carbocycles. The van der Waals surface area contributed by atoms with Crippen LogP contribution in [0.1, 0.15) is 19.3 Å². The van der Waals surface area contributed by atoms with Crippen LogP contribution < -0.4 is 0 Å². The molecule has 2 fully saturated rings. The predicted octanol–water partition coefficient (Wildman–Crippen LogP) is 1.33. The summed E-state index contributed by atoms with van der Waals surface area (Å²) < 4.78 is 5.33. The summed E-state index contributed by atoms with van der Waals surface area (Å²) in [5.41, 5.74) is 0.312. The van der Waals surface area contributed by atoms with Crippen LogP contribution in [0.15, 0.2) is 0 Å². The number of hydrogen-bond acceptors (Lipinski definition) is 2. The van der Waals surface area contributed by atoms with E-state index in [1.807, 2.05) is 0 Å². The molecule has 0 aromatic rings. The Morgan fingerprint density at radius 2 is 2.50 bits per heavy atom. The third-order valence-corrected chi connectivity index (χ3v) is 2.70. The van der Waals surface area contributed by atoms with Gasteiger partial charge in [0.1, 0.15) is 0 Å². The van der Waals surface area contributed by atoms with Crippen LogP contribution in [0.3, 0.4) is 0 Å². The molecule has 2 heteroatoms. The summed E-state index contributed by atoms with van der Waals surface area (Å²) >= 11 is 0. The number of hydrogen-bond donors (Lipinski definition) is 0. The maximum Gasteiger partial charge on any atom is 0.0662 e. The topological polar surface area (TPSA) is 33.0 Å². The van der Waals surface area contributed by atoms with Gasteiger partial charge in [0.05, 0.1) is 18.6 Å². The molecular formula is C8H11NO. The highest BCUT2D eigenvalue weighted by atomic mass is 16.5. The van der Waals surface area contributed by atoms with Gasteiger partial charge in [-0.3, -0.25) is 0 Å². The lowest BCUT2D eigenvalue weighted by Crippen LogP contribution is -2.19. The number of nitriles is 1. The van der Waals surface area contributed by atoms with Gasteiger partial charge in [0.15, 0.2) is 0 Å². The van der Waals surface area contributed by atoms with E-state index >= 15 is 0 Å².